The molecule has 1 heterocycles. The topological polar surface area (TPSA) is 12.9 Å². The van der Waals surface area contributed by atoms with Crippen LogP contribution >= 0.6 is 0 Å². The lowest BCUT2D eigenvalue weighted by Crippen LogP contribution is -1.92. The Morgan fingerprint density at radius 2 is 1.54 bits per heavy atom. The zero-order chi connectivity index (χ0) is 19.3. The normalized spacial score (nSPS) is 11.7. The number of nitrogens with zero attached hydrogens (tertiary/aromatic N) is 1. The highest BCUT2D eigenvalue weighted by atomic mass is 19.3. The summed E-state index contributed by atoms with van der Waals surface area (Å²) >= 11 is 0. The molecule has 0 N–H and O–H groups in total. The monoisotopic (exact) mass is 369 g/mol. The maximum Gasteiger partial charge on any atom is 0.264 e. The molecule has 4 aromatic carbocycles. The van der Waals surface area contributed by atoms with Crippen LogP contribution in [-0.4, -0.2) is 4.98 Å². The van der Waals surface area contributed by atoms with Crippen molar-refractivity contribution in [2.24, 2.45) is 0 Å². The van der Waals surface area contributed by atoms with Gasteiger partial charge in [0.05, 0.1) is 5.69 Å². The van der Waals surface area contributed by atoms with Crippen molar-refractivity contribution in [2.45, 2.75) is 13.3 Å². The molecule has 0 aliphatic rings. The van der Waals surface area contributed by atoms with Gasteiger partial charge in [0.2, 0.25) is 0 Å². The predicted octanol–water partition coefficient (Wildman–Crippen LogP) is 7.45. The summed E-state index contributed by atoms with van der Waals surface area (Å²) in [7, 11) is 0. The van der Waals surface area contributed by atoms with E-state index in [0.717, 1.165) is 32.6 Å². The second-order valence-electron chi connectivity index (χ2n) is 7.13. The Labute approximate surface area is 161 Å². The SMILES string of the molecule is Cc1ccc2ccc3c(-c4cc(C(F)F)c5ccccc5c4)nccc3c2c1. The number of benzene rings is 4. The van der Waals surface area contributed by atoms with Crippen LogP contribution in [-0.2, 0) is 0 Å². The molecule has 0 atom stereocenters. The third-order valence-electron chi connectivity index (χ3n) is 5.32. The van der Waals surface area contributed by atoms with Gasteiger partial charge in [0, 0.05) is 22.7 Å². The number of rotatable bonds is 2. The fraction of sp³-hybridized carbons (Fsp3) is 0.0800. The van der Waals surface area contributed by atoms with E-state index in [2.05, 4.69) is 36.2 Å². The van der Waals surface area contributed by atoms with Crippen molar-refractivity contribution in [1.82, 2.24) is 4.98 Å². The van der Waals surface area contributed by atoms with E-state index in [1.807, 2.05) is 30.3 Å². The second kappa shape index (κ2) is 6.38. The van der Waals surface area contributed by atoms with Gasteiger partial charge in [-0.2, -0.15) is 0 Å². The molecule has 5 rings (SSSR count). The first-order valence-corrected chi connectivity index (χ1v) is 9.21. The molecule has 0 saturated heterocycles. The number of halogens is 2. The molecule has 3 heteroatoms. The smallest absolute Gasteiger partial charge is 0.256 e. The summed E-state index contributed by atoms with van der Waals surface area (Å²) in [6, 6.07) is 23.3. The van der Waals surface area contributed by atoms with Crippen LogP contribution < -0.4 is 0 Å². The van der Waals surface area contributed by atoms with E-state index < -0.39 is 6.43 Å². The third-order valence-corrected chi connectivity index (χ3v) is 5.32. The van der Waals surface area contributed by atoms with Gasteiger partial charge in [-0.15, -0.1) is 0 Å². The summed E-state index contributed by atoms with van der Waals surface area (Å²) in [5, 5.41) is 5.74. The fourth-order valence-corrected chi connectivity index (χ4v) is 3.99. The second-order valence-corrected chi connectivity index (χ2v) is 7.13. The molecule has 0 amide bonds. The van der Waals surface area contributed by atoms with Crippen LogP contribution in [0.3, 0.4) is 0 Å². The molecular formula is C25H17F2N. The van der Waals surface area contributed by atoms with E-state index in [1.54, 1.807) is 24.4 Å². The molecule has 1 aromatic heterocycles. The fourth-order valence-electron chi connectivity index (χ4n) is 3.99. The van der Waals surface area contributed by atoms with Crippen LogP contribution in [0.1, 0.15) is 17.6 Å². The molecule has 0 bridgehead atoms. The molecule has 0 fully saturated rings. The van der Waals surface area contributed by atoms with Crippen molar-refractivity contribution < 1.29 is 8.78 Å². The number of hydrogen-bond acceptors (Lipinski definition) is 1. The Hall–Kier alpha value is -3.33. The lowest BCUT2D eigenvalue weighted by atomic mass is 9.95. The summed E-state index contributed by atoms with van der Waals surface area (Å²) in [4.78, 5) is 4.57. The Morgan fingerprint density at radius 3 is 2.39 bits per heavy atom. The van der Waals surface area contributed by atoms with E-state index in [9.17, 15) is 8.78 Å². The van der Waals surface area contributed by atoms with Gasteiger partial charge in [-0.05, 0) is 52.1 Å². The molecule has 0 aliphatic heterocycles. The highest BCUT2D eigenvalue weighted by molar-refractivity contribution is 6.11. The molecule has 0 saturated carbocycles. The molecule has 1 nitrogen and oxygen atoms in total. The maximum atomic E-state index is 13.7. The van der Waals surface area contributed by atoms with Gasteiger partial charge in [-0.25, -0.2) is 8.78 Å². The highest BCUT2D eigenvalue weighted by Crippen LogP contribution is 2.36. The number of aryl methyl sites for hydroxylation is 1. The summed E-state index contributed by atoms with van der Waals surface area (Å²) in [6.45, 7) is 2.07. The van der Waals surface area contributed by atoms with Gasteiger partial charge in [-0.1, -0.05) is 60.2 Å². The quantitative estimate of drug-likeness (QED) is 0.294. The van der Waals surface area contributed by atoms with Gasteiger partial charge in [0.15, 0.2) is 0 Å². The number of alkyl halides is 2. The molecule has 0 unspecified atom stereocenters. The van der Waals surface area contributed by atoms with Crippen molar-refractivity contribution in [3.8, 4) is 11.3 Å². The van der Waals surface area contributed by atoms with Crippen molar-refractivity contribution in [1.29, 1.82) is 0 Å². The zero-order valence-corrected chi connectivity index (χ0v) is 15.3. The summed E-state index contributed by atoms with van der Waals surface area (Å²) in [5.41, 5.74) is 2.67. The minimum atomic E-state index is -2.54. The molecule has 0 spiro atoms. The Bertz CT molecular complexity index is 1360. The van der Waals surface area contributed by atoms with Crippen LogP contribution in [0.15, 0.2) is 79.0 Å². The van der Waals surface area contributed by atoms with E-state index in [1.165, 1.54) is 5.56 Å². The average molecular weight is 369 g/mol. The number of fused-ring (bicyclic) bond motifs is 4. The first-order chi connectivity index (χ1) is 13.6. The van der Waals surface area contributed by atoms with Crippen LogP contribution in [0.2, 0.25) is 0 Å². The van der Waals surface area contributed by atoms with E-state index in [-0.39, 0.29) is 5.56 Å². The minimum absolute atomic E-state index is 0.0449. The summed E-state index contributed by atoms with van der Waals surface area (Å²) < 4.78 is 27.5. The zero-order valence-electron chi connectivity index (χ0n) is 15.3. The number of pyridine rings is 1. The van der Waals surface area contributed by atoms with Crippen molar-refractivity contribution in [3.05, 3.63) is 90.1 Å². The molecule has 0 radical (unpaired) electrons. The number of hydrogen-bond donors (Lipinski definition) is 0. The largest absolute Gasteiger partial charge is 0.264 e. The molecule has 0 aliphatic carbocycles. The Balaban J connectivity index is 1.84. The summed E-state index contributed by atoms with van der Waals surface area (Å²) in [5.74, 6) is 0. The van der Waals surface area contributed by atoms with Crippen LogP contribution in [0.5, 0.6) is 0 Å². The molecule has 5 aromatic rings. The lowest BCUT2D eigenvalue weighted by molar-refractivity contribution is 0.153. The van der Waals surface area contributed by atoms with Gasteiger partial charge in [0.25, 0.3) is 6.43 Å². The van der Waals surface area contributed by atoms with Crippen LogP contribution in [0, 0.1) is 6.92 Å². The van der Waals surface area contributed by atoms with Gasteiger partial charge in [-0.3, -0.25) is 4.98 Å². The standard InChI is InChI=1S/C25H17F2N/c1-15-6-7-16-8-9-21-20(22(16)12-15)10-11-28-24(21)18-13-17-4-2-3-5-19(17)23(14-18)25(26)27/h2-14,25H,1H3. The van der Waals surface area contributed by atoms with Gasteiger partial charge in [0.1, 0.15) is 0 Å². The maximum absolute atomic E-state index is 13.7. The van der Waals surface area contributed by atoms with E-state index in [4.69, 9.17) is 0 Å². The van der Waals surface area contributed by atoms with Crippen LogP contribution in [0.4, 0.5) is 8.78 Å². The van der Waals surface area contributed by atoms with Gasteiger partial charge < -0.3 is 0 Å². The average Bonchev–Trinajstić information content (AvgIpc) is 2.72. The molecule has 28 heavy (non-hydrogen) atoms. The van der Waals surface area contributed by atoms with E-state index in [0.29, 0.717) is 10.9 Å². The molecular weight excluding hydrogens is 352 g/mol. The molecule has 136 valence electrons. The van der Waals surface area contributed by atoms with E-state index >= 15 is 0 Å². The first-order valence-electron chi connectivity index (χ1n) is 9.21. The van der Waals surface area contributed by atoms with Crippen molar-refractivity contribution >= 4 is 32.3 Å². The highest BCUT2D eigenvalue weighted by Gasteiger charge is 2.16. The summed E-state index contributed by atoms with van der Waals surface area (Å²) in [6.07, 6.45) is -0.778. The van der Waals surface area contributed by atoms with Crippen molar-refractivity contribution in [2.75, 3.05) is 0 Å². The van der Waals surface area contributed by atoms with Gasteiger partial charge >= 0.3 is 0 Å². The predicted molar refractivity (Wildman–Crippen MR) is 112 cm³/mol. The third kappa shape index (κ3) is 2.63. The Kier molecular flexibility index (Phi) is 3.83. The number of aromatic nitrogens is 1. The van der Waals surface area contributed by atoms with Crippen molar-refractivity contribution in [3.63, 3.8) is 0 Å². The first kappa shape index (κ1) is 16.8. The Morgan fingerprint density at radius 1 is 0.714 bits per heavy atom. The minimum Gasteiger partial charge on any atom is -0.256 e. The lowest BCUT2D eigenvalue weighted by Gasteiger charge is -2.12. The van der Waals surface area contributed by atoms with Crippen LogP contribution in [0.25, 0.3) is 43.6 Å².